The van der Waals surface area contributed by atoms with Gasteiger partial charge in [-0.25, -0.2) is 0 Å². The minimum absolute atomic E-state index is 0.0663. The van der Waals surface area contributed by atoms with Crippen molar-refractivity contribution in [1.82, 2.24) is 5.32 Å². The van der Waals surface area contributed by atoms with Crippen molar-refractivity contribution in [2.45, 2.75) is 19.3 Å². The second-order valence-electron chi connectivity index (χ2n) is 4.23. The van der Waals surface area contributed by atoms with Crippen molar-refractivity contribution in [3.8, 4) is 6.07 Å². The number of carbonyl (C=O) groups is 1. The summed E-state index contributed by atoms with van der Waals surface area (Å²) in [4.78, 5) is 11.5. The van der Waals surface area contributed by atoms with Gasteiger partial charge in [0, 0.05) is 6.54 Å². The number of nitriles is 1. The van der Waals surface area contributed by atoms with Gasteiger partial charge in [0.15, 0.2) is 0 Å². The molecular weight excluding hydrogens is 200 g/mol. The van der Waals surface area contributed by atoms with Gasteiger partial charge in [0.2, 0.25) is 5.91 Å². The zero-order valence-corrected chi connectivity index (χ0v) is 9.07. The van der Waals surface area contributed by atoms with Crippen LogP contribution >= 0.6 is 0 Å². The molecule has 0 unspecified atom stereocenters. The van der Waals surface area contributed by atoms with Gasteiger partial charge in [0.1, 0.15) is 0 Å². The van der Waals surface area contributed by atoms with Crippen molar-refractivity contribution in [2.75, 3.05) is 6.54 Å². The van der Waals surface area contributed by atoms with Crippen LogP contribution in [0.15, 0.2) is 24.3 Å². The lowest BCUT2D eigenvalue weighted by Crippen LogP contribution is -2.27. The fraction of sp³-hybridized carbons (Fsp3) is 0.385. The topological polar surface area (TPSA) is 52.9 Å². The first kappa shape index (κ1) is 10.7. The summed E-state index contributed by atoms with van der Waals surface area (Å²) in [6.45, 7) is 0.815. The molecule has 0 aliphatic heterocycles. The SMILES string of the molecule is N#Cc1ccc(CC(=O)NCC2CC2)cc1. The van der Waals surface area contributed by atoms with E-state index >= 15 is 0 Å². The molecule has 0 atom stereocenters. The molecule has 2 rings (SSSR count). The van der Waals surface area contributed by atoms with Crippen LogP contribution in [0.2, 0.25) is 0 Å². The summed E-state index contributed by atoms with van der Waals surface area (Å²) in [5, 5.41) is 11.6. The molecule has 0 radical (unpaired) electrons. The van der Waals surface area contributed by atoms with Gasteiger partial charge in [-0.1, -0.05) is 12.1 Å². The molecule has 1 amide bonds. The molecule has 3 nitrogen and oxygen atoms in total. The van der Waals surface area contributed by atoms with Gasteiger partial charge in [-0.05, 0) is 36.5 Å². The number of nitrogens with one attached hydrogen (secondary N) is 1. The molecule has 1 N–H and O–H groups in total. The van der Waals surface area contributed by atoms with Gasteiger partial charge in [-0.3, -0.25) is 4.79 Å². The Bertz CT molecular complexity index is 413. The Balaban J connectivity index is 1.82. The lowest BCUT2D eigenvalue weighted by molar-refractivity contribution is -0.120. The minimum Gasteiger partial charge on any atom is -0.356 e. The third kappa shape index (κ3) is 3.09. The Morgan fingerprint density at radius 2 is 2.06 bits per heavy atom. The van der Waals surface area contributed by atoms with Gasteiger partial charge >= 0.3 is 0 Å². The van der Waals surface area contributed by atoms with E-state index in [0.717, 1.165) is 12.1 Å². The van der Waals surface area contributed by atoms with E-state index in [1.54, 1.807) is 12.1 Å². The number of rotatable bonds is 4. The Hall–Kier alpha value is -1.82. The Morgan fingerprint density at radius 1 is 1.38 bits per heavy atom. The van der Waals surface area contributed by atoms with Gasteiger partial charge in [-0.15, -0.1) is 0 Å². The van der Waals surface area contributed by atoms with E-state index in [4.69, 9.17) is 5.26 Å². The molecule has 1 aromatic rings. The summed E-state index contributed by atoms with van der Waals surface area (Å²) in [5.74, 6) is 0.779. The van der Waals surface area contributed by atoms with Gasteiger partial charge in [0.25, 0.3) is 0 Å². The number of hydrogen-bond donors (Lipinski definition) is 1. The molecule has 1 aromatic carbocycles. The number of benzene rings is 1. The molecular formula is C13H14N2O. The average Bonchev–Trinajstić information content (AvgIpc) is 3.11. The zero-order valence-electron chi connectivity index (χ0n) is 9.07. The molecule has 0 bridgehead atoms. The molecule has 0 saturated heterocycles. The number of hydrogen-bond acceptors (Lipinski definition) is 2. The summed E-state index contributed by atoms with van der Waals surface area (Å²) in [5.41, 5.74) is 1.58. The zero-order chi connectivity index (χ0) is 11.4. The summed E-state index contributed by atoms with van der Waals surface area (Å²) >= 11 is 0. The molecule has 1 aliphatic rings. The van der Waals surface area contributed by atoms with E-state index < -0.39 is 0 Å². The first-order valence-electron chi connectivity index (χ1n) is 5.53. The van der Waals surface area contributed by atoms with Crippen molar-refractivity contribution < 1.29 is 4.79 Å². The van der Waals surface area contributed by atoms with Crippen molar-refractivity contribution in [2.24, 2.45) is 5.92 Å². The molecule has 1 fully saturated rings. The van der Waals surface area contributed by atoms with Gasteiger partial charge < -0.3 is 5.32 Å². The Labute approximate surface area is 95.1 Å². The van der Waals surface area contributed by atoms with Crippen LogP contribution in [0.25, 0.3) is 0 Å². The van der Waals surface area contributed by atoms with Crippen molar-refractivity contribution >= 4 is 5.91 Å². The van der Waals surface area contributed by atoms with Gasteiger partial charge in [-0.2, -0.15) is 5.26 Å². The standard InChI is InChI=1S/C13H14N2O/c14-8-11-3-1-10(2-4-11)7-13(16)15-9-12-5-6-12/h1-4,12H,5-7,9H2,(H,15,16). The smallest absolute Gasteiger partial charge is 0.224 e. The normalized spacial score (nSPS) is 14.2. The van der Waals surface area contributed by atoms with Crippen LogP contribution in [0, 0.1) is 17.2 Å². The van der Waals surface area contributed by atoms with Crippen LogP contribution in [-0.2, 0) is 11.2 Å². The second kappa shape index (κ2) is 4.80. The predicted molar refractivity (Wildman–Crippen MR) is 60.6 cm³/mol. The lowest BCUT2D eigenvalue weighted by Gasteiger charge is -2.03. The Kier molecular flexibility index (Phi) is 3.21. The van der Waals surface area contributed by atoms with E-state index in [2.05, 4.69) is 11.4 Å². The number of amides is 1. The van der Waals surface area contributed by atoms with Crippen LogP contribution in [-0.4, -0.2) is 12.5 Å². The third-order valence-electron chi connectivity index (χ3n) is 2.73. The third-order valence-corrected chi connectivity index (χ3v) is 2.73. The quantitative estimate of drug-likeness (QED) is 0.828. The second-order valence-corrected chi connectivity index (χ2v) is 4.23. The largest absolute Gasteiger partial charge is 0.356 e. The lowest BCUT2D eigenvalue weighted by atomic mass is 10.1. The molecule has 3 heteroatoms. The Morgan fingerprint density at radius 3 is 2.62 bits per heavy atom. The van der Waals surface area contributed by atoms with Crippen LogP contribution in [0.4, 0.5) is 0 Å². The molecule has 0 heterocycles. The highest BCUT2D eigenvalue weighted by Crippen LogP contribution is 2.27. The maximum Gasteiger partial charge on any atom is 0.224 e. The van der Waals surface area contributed by atoms with Crippen LogP contribution in [0.5, 0.6) is 0 Å². The molecule has 82 valence electrons. The van der Waals surface area contributed by atoms with E-state index in [1.807, 2.05) is 12.1 Å². The van der Waals surface area contributed by atoms with E-state index in [-0.39, 0.29) is 5.91 Å². The summed E-state index contributed by atoms with van der Waals surface area (Å²) < 4.78 is 0. The molecule has 1 saturated carbocycles. The monoisotopic (exact) mass is 214 g/mol. The first-order chi connectivity index (χ1) is 7.78. The predicted octanol–water partition coefficient (Wildman–Crippen LogP) is 1.63. The van der Waals surface area contributed by atoms with Crippen LogP contribution in [0.1, 0.15) is 24.0 Å². The molecule has 16 heavy (non-hydrogen) atoms. The fourth-order valence-corrected chi connectivity index (χ4v) is 1.53. The fourth-order valence-electron chi connectivity index (χ4n) is 1.53. The van der Waals surface area contributed by atoms with Crippen molar-refractivity contribution in [3.05, 3.63) is 35.4 Å². The highest BCUT2D eigenvalue weighted by Gasteiger charge is 2.21. The summed E-state index contributed by atoms with van der Waals surface area (Å²) in [6.07, 6.45) is 2.90. The highest BCUT2D eigenvalue weighted by molar-refractivity contribution is 5.78. The summed E-state index contributed by atoms with van der Waals surface area (Å²) in [7, 11) is 0. The van der Waals surface area contributed by atoms with E-state index in [1.165, 1.54) is 12.8 Å². The first-order valence-corrected chi connectivity index (χ1v) is 5.53. The number of carbonyl (C=O) groups excluding carboxylic acids is 1. The average molecular weight is 214 g/mol. The van der Waals surface area contributed by atoms with Crippen LogP contribution in [0.3, 0.4) is 0 Å². The van der Waals surface area contributed by atoms with Crippen molar-refractivity contribution in [1.29, 1.82) is 5.26 Å². The maximum absolute atomic E-state index is 11.5. The van der Waals surface area contributed by atoms with E-state index in [9.17, 15) is 4.79 Å². The van der Waals surface area contributed by atoms with Crippen molar-refractivity contribution in [3.63, 3.8) is 0 Å². The molecule has 0 spiro atoms. The van der Waals surface area contributed by atoms with E-state index in [0.29, 0.717) is 17.9 Å². The van der Waals surface area contributed by atoms with Crippen LogP contribution < -0.4 is 5.32 Å². The van der Waals surface area contributed by atoms with Gasteiger partial charge in [0.05, 0.1) is 18.1 Å². The molecule has 0 aromatic heterocycles. The molecule has 1 aliphatic carbocycles. The summed E-state index contributed by atoms with van der Waals surface area (Å²) in [6, 6.07) is 9.19. The maximum atomic E-state index is 11.5. The minimum atomic E-state index is 0.0663. The highest BCUT2D eigenvalue weighted by atomic mass is 16.1. The number of nitrogens with zero attached hydrogens (tertiary/aromatic N) is 1.